The molecule has 0 aliphatic heterocycles. The summed E-state index contributed by atoms with van der Waals surface area (Å²) in [6.45, 7) is 1.82. The van der Waals surface area contributed by atoms with E-state index in [9.17, 15) is 0 Å². The van der Waals surface area contributed by atoms with Gasteiger partial charge in [-0.2, -0.15) is 0 Å². The van der Waals surface area contributed by atoms with Crippen LogP contribution in [-0.4, -0.2) is 17.0 Å². The standard InChI is InChI=1S/C6H8ClN3.ClH/c1-4-9-3-5(7)6(8-2)10-4;/h3H,1-2H3,(H,8,9,10);1H. The van der Waals surface area contributed by atoms with Crippen molar-refractivity contribution in [1.29, 1.82) is 0 Å². The van der Waals surface area contributed by atoms with Gasteiger partial charge in [0.25, 0.3) is 0 Å². The highest BCUT2D eigenvalue weighted by Gasteiger charge is 1.98. The predicted molar refractivity (Wildman–Crippen MR) is 48.6 cm³/mol. The summed E-state index contributed by atoms with van der Waals surface area (Å²) in [5, 5.41) is 3.40. The number of halogens is 2. The second kappa shape index (κ2) is 4.36. The van der Waals surface area contributed by atoms with Gasteiger partial charge in [0.05, 0.1) is 6.20 Å². The lowest BCUT2D eigenvalue weighted by Crippen LogP contribution is -1.96. The molecule has 0 fully saturated rings. The minimum Gasteiger partial charge on any atom is -0.372 e. The summed E-state index contributed by atoms with van der Waals surface area (Å²) in [5.41, 5.74) is 0. The first kappa shape index (κ1) is 10.5. The number of anilines is 1. The summed E-state index contributed by atoms with van der Waals surface area (Å²) in [6.07, 6.45) is 1.58. The fourth-order valence-electron chi connectivity index (χ4n) is 0.631. The first-order chi connectivity index (χ1) is 4.74. The third-order valence-corrected chi connectivity index (χ3v) is 1.38. The molecular formula is C6H9Cl2N3. The molecule has 1 aromatic rings. The molecule has 0 atom stereocenters. The molecule has 0 amide bonds. The molecule has 0 aliphatic rings. The van der Waals surface area contributed by atoms with E-state index in [1.807, 2.05) is 6.92 Å². The maximum Gasteiger partial charge on any atom is 0.148 e. The van der Waals surface area contributed by atoms with Crippen molar-refractivity contribution in [3.05, 3.63) is 17.0 Å². The molecule has 1 heterocycles. The maximum atomic E-state index is 5.71. The number of hydrogen-bond acceptors (Lipinski definition) is 3. The third-order valence-electron chi connectivity index (χ3n) is 1.10. The molecular weight excluding hydrogens is 185 g/mol. The van der Waals surface area contributed by atoms with Crippen LogP contribution in [0.3, 0.4) is 0 Å². The van der Waals surface area contributed by atoms with Gasteiger partial charge in [-0.05, 0) is 6.92 Å². The Kier molecular flexibility index (Phi) is 4.15. The van der Waals surface area contributed by atoms with Gasteiger partial charge in [-0.1, -0.05) is 11.6 Å². The van der Waals surface area contributed by atoms with Gasteiger partial charge in [-0.25, -0.2) is 9.97 Å². The molecule has 0 unspecified atom stereocenters. The van der Waals surface area contributed by atoms with Gasteiger partial charge in [0.2, 0.25) is 0 Å². The average molecular weight is 194 g/mol. The minimum atomic E-state index is 0. The van der Waals surface area contributed by atoms with Crippen LogP contribution >= 0.6 is 24.0 Å². The van der Waals surface area contributed by atoms with Gasteiger partial charge in [0.15, 0.2) is 0 Å². The topological polar surface area (TPSA) is 37.8 Å². The quantitative estimate of drug-likeness (QED) is 0.741. The zero-order valence-corrected chi connectivity index (χ0v) is 7.83. The molecule has 0 aliphatic carbocycles. The Hall–Kier alpha value is -0.540. The van der Waals surface area contributed by atoms with Crippen LogP contribution in [0.4, 0.5) is 5.82 Å². The van der Waals surface area contributed by atoms with Crippen LogP contribution in [0.15, 0.2) is 6.20 Å². The molecule has 0 saturated carbocycles. The van der Waals surface area contributed by atoms with E-state index >= 15 is 0 Å². The largest absolute Gasteiger partial charge is 0.372 e. The molecule has 11 heavy (non-hydrogen) atoms. The van der Waals surface area contributed by atoms with Crippen molar-refractivity contribution in [1.82, 2.24) is 9.97 Å². The van der Waals surface area contributed by atoms with Gasteiger partial charge < -0.3 is 5.32 Å². The van der Waals surface area contributed by atoms with Crippen LogP contribution in [0, 0.1) is 6.92 Å². The highest BCUT2D eigenvalue weighted by Crippen LogP contribution is 2.15. The van der Waals surface area contributed by atoms with Gasteiger partial charge in [-0.3, -0.25) is 0 Å². The summed E-state index contributed by atoms with van der Waals surface area (Å²) in [5.74, 6) is 1.39. The van der Waals surface area contributed by atoms with E-state index < -0.39 is 0 Å². The van der Waals surface area contributed by atoms with Crippen LogP contribution in [0.25, 0.3) is 0 Å². The summed E-state index contributed by atoms with van der Waals surface area (Å²) in [4.78, 5) is 7.94. The zero-order valence-electron chi connectivity index (χ0n) is 6.26. The number of nitrogens with one attached hydrogen (secondary N) is 1. The van der Waals surface area contributed by atoms with E-state index in [1.165, 1.54) is 0 Å². The normalized spacial score (nSPS) is 8.64. The minimum absolute atomic E-state index is 0. The Balaban J connectivity index is 0.000001000. The average Bonchev–Trinajstić information content (AvgIpc) is 1.94. The van der Waals surface area contributed by atoms with Gasteiger partial charge >= 0.3 is 0 Å². The molecule has 62 valence electrons. The molecule has 5 heteroatoms. The van der Waals surface area contributed by atoms with Gasteiger partial charge in [0.1, 0.15) is 16.7 Å². The van der Waals surface area contributed by atoms with Crippen molar-refractivity contribution >= 4 is 29.8 Å². The van der Waals surface area contributed by atoms with Crippen LogP contribution in [0.5, 0.6) is 0 Å². The van der Waals surface area contributed by atoms with Crippen molar-refractivity contribution in [2.75, 3.05) is 12.4 Å². The summed E-state index contributed by atoms with van der Waals surface area (Å²) >= 11 is 5.71. The lowest BCUT2D eigenvalue weighted by molar-refractivity contribution is 1.05. The molecule has 0 radical (unpaired) electrons. The molecule has 0 spiro atoms. The van der Waals surface area contributed by atoms with Crippen molar-refractivity contribution < 1.29 is 0 Å². The lowest BCUT2D eigenvalue weighted by atomic mass is 10.5. The predicted octanol–water partition coefficient (Wildman–Crippen LogP) is 1.90. The number of aryl methyl sites for hydroxylation is 1. The molecule has 1 aromatic heterocycles. The zero-order chi connectivity index (χ0) is 7.56. The van der Waals surface area contributed by atoms with E-state index in [1.54, 1.807) is 13.2 Å². The lowest BCUT2D eigenvalue weighted by Gasteiger charge is -2.00. The molecule has 0 aromatic carbocycles. The Morgan fingerprint density at radius 3 is 2.64 bits per heavy atom. The van der Waals surface area contributed by atoms with E-state index in [4.69, 9.17) is 11.6 Å². The second-order valence-corrected chi connectivity index (χ2v) is 2.27. The van der Waals surface area contributed by atoms with Crippen molar-refractivity contribution in [3.8, 4) is 0 Å². The Labute approximate surface area is 76.6 Å². The summed E-state index contributed by atoms with van der Waals surface area (Å²) in [7, 11) is 1.77. The first-order valence-electron chi connectivity index (χ1n) is 2.91. The van der Waals surface area contributed by atoms with E-state index in [0.29, 0.717) is 16.7 Å². The molecule has 0 bridgehead atoms. The Bertz CT molecular complexity index is 239. The molecule has 3 nitrogen and oxygen atoms in total. The van der Waals surface area contributed by atoms with E-state index in [-0.39, 0.29) is 12.4 Å². The number of hydrogen-bond donors (Lipinski definition) is 1. The SMILES string of the molecule is CNc1nc(C)ncc1Cl.Cl. The van der Waals surface area contributed by atoms with Crippen LogP contribution in [0.1, 0.15) is 5.82 Å². The Morgan fingerprint density at radius 1 is 1.55 bits per heavy atom. The molecule has 1 N–H and O–H groups in total. The number of rotatable bonds is 1. The van der Waals surface area contributed by atoms with Crippen molar-refractivity contribution in [2.24, 2.45) is 0 Å². The highest BCUT2D eigenvalue weighted by molar-refractivity contribution is 6.32. The fraction of sp³-hybridized carbons (Fsp3) is 0.333. The second-order valence-electron chi connectivity index (χ2n) is 1.86. The van der Waals surface area contributed by atoms with E-state index in [0.717, 1.165) is 0 Å². The summed E-state index contributed by atoms with van der Waals surface area (Å²) < 4.78 is 0. The fourth-order valence-corrected chi connectivity index (χ4v) is 0.816. The third kappa shape index (κ3) is 2.52. The van der Waals surface area contributed by atoms with Crippen LogP contribution in [-0.2, 0) is 0 Å². The van der Waals surface area contributed by atoms with E-state index in [2.05, 4.69) is 15.3 Å². The van der Waals surface area contributed by atoms with Crippen LogP contribution < -0.4 is 5.32 Å². The van der Waals surface area contributed by atoms with Crippen LogP contribution in [0.2, 0.25) is 5.02 Å². The molecule has 0 saturated heterocycles. The summed E-state index contributed by atoms with van der Waals surface area (Å²) in [6, 6.07) is 0. The highest BCUT2D eigenvalue weighted by atomic mass is 35.5. The monoisotopic (exact) mass is 193 g/mol. The maximum absolute atomic E-state index is 5.71. The van der Waals surface area contributed by atoms with Gasteiger partial charge in [-0.15, -0.1) is 12.4 Å². The van der Waals surface area contributed by atoms with Crippen molar-refractivity contribution in [3.63, 3.8) is 0 Å². The first-order valence-corrected chi connectivity index (χ1v) is 3.28. The Morgan fingerprint density at radius 2 is 2.18 bits per heavy atom. The number of nitrogens with zero attached hydrogens (tertiary/aromatic N) is 2. The smallest absolute Gasteiger partial charge is 0.148 e. The van der Waals surface area contributed by atoms with Crippen molar-refractivity contribution in [2.45, 2.75) is 6.92 Å². The van der Waals surface area contributed by atoms with Gasteiger partial charge in [0, 0.05) is 7.05 Å². The number of aromatic nitrogens is 2. The molecule has 1 rings (SSSR count).